The number of ether oxygens (including phenoxy) is 1. The van der Waals surface area contributed by atoms with E-state index in [9.17, 15) is 4.79 Å². The first-order valence-electron chi connectivity index (χ1n) is 4.96. The highest BCUT2D eigenvalue weighted by molar-refractivity contribution is 5.80. The third-order valence-corrected chi connectivity index (χ3v) is 2.98. The van der Waals surface area contributed by atoms with Crippen LogP contribution in [-0.4, -0.2) is 25.2 Å². The zero-order valence-electron chi connectivity index (χ0n) is 8.72. The van der Waals surface area contributed by atoms with Crippen molar-refractivity contribution in [3.05, 3.63) is 0 Å². The molecular weight excluding hydrogens is 166 g/mol. The van der Waals surface area contributed by atoms with E-state index in [1.54, 1.807) is 0 Å². The van der Waals surface area contributed by atoms with Crippen LogP contribution in [0.1, 0.15) is 33.1 Å². The average molecular weight is 185 g/mol. The normalized spacial score (nSPS) is 34.2. The van der Waals surface area contributed by atoms with Gasteiger partial charge in [0.25, 0.3) is 0 Å². The minimum atomic E-state index is -0.451. The number of methoxy groups -OCH3 is 1. The van der Waals surface area contributed by atoms with Gasteiger partial charge in [-0.2, -0.15) is 0 Å². The smallest absolute Gasteiger partial charge is 0.325 e. The number of rotatable bonds is 2. The van der Waals surface area contributed by atoms with E-state index in [1.165, 1.54) is 13.5 Å². The molecule has 0 bridgehead atoms. The number of piperidine rings is 1. The second-order valence-electron chi connectivity index (χ2n) is 4.02. The molecule has 1 aliphatic heterocycles. The van der Waals surface area contributed by atoms with Crippen LogP contribution in [0.5, 0.6) is 0 Å². The van der Waals surface area contributed by atoms with Crippen molar-refractivity contribution in [3.63, 3.8) is 0 Å². The molecule has 1 rings (SSSR count). The second kappa shape index (κ2) is 4.09. The molecule has 1 heterocycles. The van der Waals surface area contributed by atoms with Crippen molar-refractivity contribution in [3.8, 4) is 0 Å². The standard InChI is InChI=1S/C10H19NO2/c1-4-8-5-6-11-10(2,7-8)9(12)13-3/h8,11H,4-7H2,1-3H3. The van der Waals surface area contributed by atoms with Crippen LogP contribution >= 0.6 is 0 Å². The molecule has 3 nitrogen and oxygen atoms in total. The van der Waals surface area contributed by atoms with E-state index in [0.717, 1.165) is 19.4 Å². The summed E-state index contributed by atoms with van der Waals surface area (Å²) in [4.78, 5) is 11.5. The van der Waals surface area contributed by atoms with Gasteiger partial charge in [-0.3, -0.25) is 4.79 Å². The molecule has 3 heteroatoms. The summed E-state index contributed by atoms with van der Waals surface area (Å²) in [6, 6.07) is 0. The Morgan fingerprint density at radius 1 is 1.69 bits per heavy atom. The van der Waals surface area contributed by atoms with Crippen molar-refractivity contribution >= 4 is 5.97 Å². The van der Waals surface area contributed by atoms with Gasteiger partial charge in [0.05, 0.1) is 7.11 Å². The minimum Gasteiger partial charge on any atom is -0.468 e. The predicted molar refractivity (Wildman–Crippen MR) is 51.4 cm³/mol. The lowest BCUT2D eigenvalue weighted by Gasteiger charge is -2.36. The first-order chi connectivity index (χ1) is 6.12. The van der Waals surface area contributed by atoms with E-state index < -0.39 is 5.54 Å². The molecule has 1 saturated heterocycles. The van der Waals surface area contributed by atoms with Gasteiger partial charge in [-0.05, 0) is 32.2 Å². The van der Waals surface area contributed by atoms with E-state index >= 15 is 0 Å². The highest BCUT2D eigenvalue weighted by atomic mass is 16.5. The molecule has 1 fully saturated rings. The summed E-state index contributed by atoms with van der Waals surface area (Å²) in [6.45, 7) is 5.03. The zero-order valence-corrected chi connectivity index (χ0v) is 8.72. The SMILES string of the molecule is CCC1CCNC(C)(C(=O)OC)C1. The fourth-order valence-electron chi connectivity index (χ4n) is 2.03. The molecule has 76 valence electrons. The Kier molecular flexibility index (Phi) is 3.31. The molecule has 0 aromatic rings. The maximum Gasteiger partial charge on any atom is 0.325 e. The first-order valence-corrected chi connectivity index (χ1v) is 4.96. The van der Waals surface area contributed by atoms with Crippen molar-refractivity contribution in [2.75, 3.05) is 13.7 Å². The summed E-state index contributed by atoms with van der Waals surface area (Å²) in [5, 5.41) is 3.24. The molecule has 2 unspecified atom stereocenters. The van der Waals surface area contributed by atoms with Crippen LogP contribution in [0.25, 0.3) is 0 Å². The average Bonchev–Trinajstić information content (AvgIpc) is 2.16. The molecule has 0 saturated carbocycles. The van der Waals surface area contributed by atoms with Gasteiger partial charge in [-0.25, -0.2) is 0 Å². The van der Waals surface area contributed by atoms with Crippen molar-refractivity contribution < 1.29 is 9.53 Å². The number of carbonyl (C=O) groups excluding carboxylic acids is 1. The summed E-state index contributed by atoms with van der Waals surface area (Å²) in [5.41, 5.74) is -0.451. The largest absolute Gasteiger partial charge is 0.468 e. The lowest BCUT2D eigenvalue weighted by atomic mass is 9.82. The Labute approximate surface area is 79.8 Å². The highest BCUT2D eigenvalue weighted by Gasteiger charge is 2.38. The molecule has 0 aliphatic carbocycles. The Bertz CT molecular complexity index is 193. The van der Waals surface area contributed by atoms with Gasteiger partial charge in [0.15, 0.2) is 0 Å². The molecule has 0 aromatic heterocycles. The maximum absolute atomic E-state index is 11.5. The molecule has 0 radical (unpaired) electrons. The zero-order chi connectivity index (χ0) is 9.90. The number of esters is 1. The Balaban J connectivity index is 2.62. The monoisotopic (exact) mass is 185 g/mol. The van der Waals surface area contributed by atoms with Gasteiger partial charge in [0.2, 0.25) is 0 Å². The van der Waals surface area contributed by atoms with E-state index in [-0.39, 0.29) is 5.97 Å². The van der Waals surface area contributed by atoms with Crippen molar-refractivity contribution in [1.29, 1.82) is 0 Å². The minimum absolute atomic E-state index is 0.134. The number of carbonyl (C=O) groups is 1. The number of hydrogen-bond donors (Lipinski definition) is 1. The van der Waals surface area contributed by atoms with Crippen molar-refractivity contribution in [1.82, 2.24) is 5.32 Å². The van der Waals surface area contributed by atoms with E-state index in [0.29, 0.717) is 5.92 Å². The quantitative estimate of drug-likeness (QED) is 0.659. The summed E-state index contributed by atoms with van der Waals surface area (Å²) in [5.74, 6) is 0.524. The van der Waals surface area contributed by atoms with Crippen LogP contribution in [0.15, 0.2) is 0 Å². The first kappa shape index (κ1) is 10.5. The van der Waals surface area contributed by atoms with Gasteiger partial charge >= 0.3 is 5.97 Å². The lowest BCUT2D eigenvalue weighted by Crippen LogP contribution is -2.54. The highest BCUT2D eigenvalue weighted by Crippen LogP contribution is 2.27. The summed E-state index contributed by atoms with van der Waals surface area (Å²) >= 11 is 0. The van der Waals surface area contributed by atoms with Gasteiger partial charge in [-0.1, -0.05) is 13.3 Å². The predicted octanol–water partition coefficient (Wildman–Crippen LogP) is 1.33. The van der Waals surface area contributed by atoms with E-state index in [2.05, 4.69) is 12.2 Å². The fraction of sp³-hybridized carbons (Fsp3) is 0.900. The second-order valence-corrected chi connectivity index (χ2v) is 4.02. The number of hydrogen-bond acceptors (Lipinski definition) is 3. The van der Waals surface area contributed by atoms with Crippen LogP contribution in [0.3, 0.4) is 0 Å². The number of nitrogens with one attached hydrogen (secondary N) is 1. The van der Waals surface area contributed by atoms with Crippen LogP contribution in [-0.2, 0) is 9.53 Å². The van der Waals surface area contributed by atoms with Gasteiger partial charge in [0.1, 0.15) is 5.54 Å². The molecule has 0 spiro atoms. The van der Waals surface area contributed by atoms with Gasteiger partial charge < -0.3 is 10.1 Å². The molecule has 13 heavy (non-hydrogen) atoms. The van der Waals surface area contributed by atoms with Crippen LogP contribution in [0, 0.1) is 5.92 Å². The Hall–Kier alpha value is -0.570. The van der Waals surface area contributed by atoms with Crippen LogP contribution in [0.4, 0.5) is 0 Å². The molecular formula is C10H19NO2. The van der Waals surface area contributed by atoms with Crippen LogP contribution in [0.2, 0.25) is 0 Å². The Morgan fingerprint density at radius 2 is 2.38 bits per heavy atom. The van der Waals surface area contributed by atoms with Crippen molar-refractivity contribution in [2.45, 2.75) is 38.6 Å². The van der Waals surface area contributed by atoms with E-state index in [4.69, 9.17) is 4.74 Å². The summed E-state index contributed by atoms with van der Waals surface area (Å²) in [7, 11) is 1.45. The van der Waals surface area contributed by atoms with Crippen LogP contribution < -0.4 is 5.32 Å². The maximum atomic E-state index is 11.5. The van der Waals surface area contributed by atoms with Gasteiger partial charge in [-0.15, -0.1) is 0 Å². The third-order valence-electron chi connectivity index (χ3n) is 2.98. The van der Waals surface area contributed by atoms with Crippen molar-refractivity contribution in [2.24, 2.45) is 5.92 Å². The lowest BCUT2D eigenvalue weighted by molar-refractivity contribution is -0.149. The molecule has 0 amide bonds. The molecule has 1 N–H and O–H groups in total. The summed E-state index contributed by atoms with van der Waals surface area (Å²) < 4.78 is 4.78. The van der Waals surface area contributed by atoms with Gasteiger partial charge in [0, 0.05) is 0 Å². The fourth-order valence-corrected chi connectivity index (χ4v) is 2.03. The molecule has 0 aromatic carbocycles. The Morgan fingerprint density at radius 3 is 2.92 bits per heavy atom. The molecule has 2 atom stereocenters. The third kappa shape index (κ3) is 2.21. The molecule has 1 aliphatic rings. The summed E-state index contributed by atoms with van der Waals surface area (Å²) in [6.07, 6.45) is 3.22. The topological polar surface area (TPSA) is 38.3 Å². The van der Waals surface area contributed by atoms with E-state index in [1.807, 2.05) is 6.92 Å².